The van der Waals surface area contributed by atoms with Crippen molar-refractivity contribution in [2.45, 2.75) is 19.4 Å². The number of nitrogens with one attached hydrogen (secondary N) is 1. The molecular weight excluding hydrogens is 248 g/mol. The van der Waals surface area contributed by atoms with Crippen LogP contribution in [0.4, 0.5) is 5.95 Å². The number of benzene rings is 1. The average Bonchev–Trinajstić information content (AvgIpc) is 2.69. The fraction of sp³-hybridized carbons (Fsp3) is 0.462. The summed E-state index contributed by atoms with van der Waals surface area (Å²) in [7, 11) is 0. The highest BCUT2D eigenvalue weighted by atomic mass is 35.5. The van der Waals surface area contributed by atoms with Gasteiger partial charge in [-0.25, -0.2) is 4.98 Å². The summed E-state index contributed by atoms with van der Waals surface area (Å²) in [6, 6.07) is 5.75. The zero-order chi connectivity index (χ0) is 12.5. The molecule has 0 saturated carbocycles. The summed E-state index contributed by atoms with van der Waals surface area (Å²) in [6.07, 6.45) is 2.46. The van der Waals surface area contributed by atoms with Gasteiger partial charge in [-0.3, -0.25) is 0 Å². The van der Waals surface area contributed by atoms with Gasteiger partial charge in [0.2, 0.25) is 5.95 Å². The Kier molecular flexibility index (Phi) is 3.14. The van der Waals surface area contributed by atoms with Gasteiger partial charge in [-0.1, -0.05) is 17.7 Å². The summed E-state index contributed by atoms with van der Waals surface area (Å²) < 4.78 is 2.05. The highest BCUT2D eigenvalue weighted by Crippen LogP contribution is 2.27. The summed E-state index contributed by atoms with van der Waals surface area (Å²) in [5.41, 5.74) is 7.85. The lowest BCUT2D eigenvalue weighted by atomic mass is 9.99. The van der Waals surface area contributed by atoms with Gasteiger partial charge in [-0.05, 0) is 44.0 Å². The van der Waals surface area contributed by atoms with E-state index in [9.17, 15) is 0 Å². The van der Waals surface area contributed by atoms with E-state index in [-0.39, 0.29) is 0 Å². The van der Waals surface area contributed by atoms with Crippen molar-refractivity contribution in [2.75, 3.05) is 18.8 Å². The van der Waals surface area contributed by atoms with Crippen molar-refractivity contribution in [3.8, 4) is 0 Å². The minimum atomic E-state index is 0.559. The lowest BCUT2D eigenvalue weighted by Gasteiger charge is -2.23. The molecule has 1 atom stereocenters. The molecule has 1 saturated heterocycles. The van der Waals surface area contributed by atoms with Crippen molar-refractivity contribution >= 4 is 28.6 Å². The molecule has 0 radical (unpaired) electrons. The van der Waals surface area contributed by atoms with Crippen LogP contribution in [0, 0.1) is 5.92 Å². The monoisotopic (exact) mass is 264 g/mol. The van der Waals surface area contributed by atoms with Gasteiger partial charge in [0.1, 0.15) is 0 Å². The first-order valence-electron chi connectivity index (χ1n) is 6.36. The van der Waals surface area contributed by atoms with E-state index in [0.717, 1.165) is 35.7 Å². The van der Waals surface area contributed by atoms with Gasteiger partial charge >= 0.3 is 0 Å². The topological polar surface area (TPSA) is 55.9 Å². The van der Waals surface area contributed by atoms with Crippen LogP contribution in [0.15, 0.2) is 18.2 Å². The molecule has 0 bridgehead atoms. The van der Waals surface area contributed by atoms with Crippen LogP contribution in [0.2, 0.25) is 5.02 Å². The number of nitrogen functional groups attached to an aromatic ring is 1. The number of nitrogens with two attached hydrogens (primary N) is 1. The lowest BCUT2D eigenvalue weighted by Crippen LogP contribution is -2.32. The fourth-order valence-corrected chi connectivity index (χ4v) is 2.95. The molecule has 1 aromatic carbocycles. The molecule has 1 aliphatic rings. The van der Waals surface area contributed by atoms with Crippen molar-refractivity contribution in [1.82, 2.24) is 14.9 Å². The average molecular weight is 265 g/mol. The Labute approximate surface area is 111 Å². The maximum Gasteiger partial charge on any atom is 0.201 e. The number of para-hydroxylation sites is 1. The Morgan fingerprint density at radius 1 is 1.50 bits per heavy atom. The van der Waals surface area contributed by atoms with E-state index < -0.39 is 0 Å². The van der Waals surface area contributed by atoms with Crippen LogP contribution in [0.25, 0.3) is 11.0 Å². The van der Waals surface area contributed by atoms with Gasteiger partial charge in [0.25, 0.3) is 0 Å². The largest absolute Gasteiger partial charge is 0.369 e. The number of fused-ring (bicyclic) bond motifs is 1. The maximum absolute atomic E-state index is 6.26. The standard InChI is InChI=1S/C13H17ClN4/c14-10-4-1-5-11-12(10)18(13(15)17-11)8-9-3-2-6-16-7-9/h1,4-5,9,16H,2-3,6-8H2,(H2,15,17). The number of anilines is 1. The van der Waals surface area contributed by atoms with E-state index in [4.69, 9.17) is 17.3 Å². The van der Waals surface area contributed by atoms with E-state index in [1.54, 1.807) is 0 Å². The summed E-state index contributed by atoms with van der Waals surface area (Å²) in [6.45, 7) is 3.06. The molecule has 18 heavy (non-hydrogen) atoms. The Hall–Kier alpha value is -1.26. The second kappa shape index (κ2) is 4.78. The molecular formula is C13H17ClN4. The number of hydrogen-bond donors (Lipinski definition) is 2. The summed E-state index contributed by atoms with van der Waals surface area (Å²) in [4.78, 5) is 4.38. The predicted octanol–water partition coefficient (Wildman–Crippen LogP) is 2.27. The zero-order valence-electron chi connectivity index (χ0n) is 10.2. The highest BCUT2D eigenvalue weighted by molar-refractivity contribution is 6.35. The second-order valence-corrected chi connectivity index (χ2v) is 5.31. The molecule has 4 nitrogen and oxygen atoms in total. The Morgan fingerprint density at radius 2 is 2.39 bits per heavy atom. The van der Waals surface area contributed by atoms with E-state index in [1.165, 1.54) is 12.8 Å². The van der Waals surface area contributed by atoms with Gasteiger partial charge in [0, 0.05) is 6.54 Å². The van der Waals surface area contributed by atoms with Crippen LogP contribution in [0.3, 0.4) is 0 Å². The summed E-state index contributed by atoms with van der Waals surface area (Å²) in [5.74, 6) is 1.17. The number of nitrogens with zero attached hydrogens (tertiary/aromatic N) is 2. The smallest absolute Gasteiger partial charge is 0.201 e. The van der Waals surface area contributed by atoms with Gasteiger partial charge in [0.15, 0.2) is 0 Å². The Morgan fingerprint density at radius 3 is 3.17 bits per heavy atom. The van der Waals surface area contributed by atoms with Gasteiger partial charge in [-0.15, -0.1) is 0 Å². The maximum atomic E-state index is 6.26. The number of rotatable bonds is 2. The minimum absolute atomic E-state index is 0.559. The molecule has 2 aromatic rings. The van der Waals surface area contributed by atoms with Crippen LogP contribution in [0.5, 0.6) is 0 Å². The van der Waals surface area contributed by atoms with E-state index in [0.29, 0.717) is 11.9 Å². The first kappa shape index (κ1) is 11.8. The third kappa shape index (κ3) is 2.06. The fourth-order valence-electron chi connectivity index (χ4n) is 2.68. The molecule has 3 N–H and O–H groups in total. The zero-order valence-corrected chi connectivity index (χ0v) is 11.0. The van der Waals surface area contributed by atoms with Crippen LogP contribution >= 0.6 is 11.6 Å². The molecule has 1 aliphatic heterocycles. The predicted molar refractivity (Wildman–Crippen MR) is 74.7 cm³/mol. The molecule has 1 unspecified atom stereocenters. The summed E-state index contributed by atoms with van der Waals surface area (Å²) >= 11 is 6.26. The van der Waals surface area contributed by atoms with Crippen LogP contribution < -0.4 is 11.1 Å². The quantitative estimate of drug-likeness (QED) is 0.875. The molecule has 5 heteroatoms. The SMILES string of the molecule is Nc1nc2cccc(Cl)c2n1CC1CCCNC1. The second-order valence-electron chi connectivity index (χ2n) is 4.90. The van der Waals surface area contributed by atoms with Gasteiger partial charge in [-0.2, -0.15) is 0 Å². The van der Waals surface area contributed by atoms with Gasteiger partial charge in [0.05, 0.1) is 16.1 Å². The minimum Gasteiger partial charge on any atom is -0.369 e. The van der Waals surface area contributed by atoms with Gasteiger partial charge < -0.3 is 15.6 Å². The molecule has 3 rings (SSSR count). The third-order valence-corrected chi connectivity index (χ3v) is 3.89. The van der Waals surface area contributed by atoms with Crippen LogP contribution in [-0.2, 0) is 6.54 Å². The summed E-state index contributed by atoms with van der Waals surface area (Å²) in [5, 5.41) is 4.14. The van der Waals surface area contributed by atoms with E-state index >= 15 is 0 Å². The number of imidazole rings is 1. The highest BCUT2D eigenvalue weighted by Gasteiger charge is 2.17. The number of aromatic nitrogens is 2. The van der Waals surface area contributed by atoms with Crippen molar-refractivity contribution in [2.24, 2.45) is 5.92 Å². The Bertz CT molecular complexity index is 557. The molecule has 1 aromatic heterocycles. The van der Waals surface area contributed by atoms with E-state index in [1.807, 2.05) is 18.2 Å². The van der Waals surface area contributed by atoms with Crippen LogP contribution in [-0.4, -0.2) is 22.6 Å². The van der Waals surface area contributed by atoms with E-state index in [2.05, 4.69) is 14.9 Å². The Balaban J connectivity index is 1.97. The first-order chi connectivity index (χ1) is 8.75. The van der Waals surface area contributed by atoms with Crippen molar-refractivity contribution in [3.05, 3.63) is 23.2 Å². The van der Waals surface area contributed by atoms with Crippen molar-refractivity contribution in [1.29, 1.82) is 0 Å². The number of piperidine rings is 1. The third-order valence-electron chi connectivity index (χ3n) is 3.59. The molecule has 96 valence electrons. The normalized spacial score (nSPS) is 20.4. The molecule has 0 spiro atoms. The van der Waals surface area contributed by atoms with Crippen LogP contribution in [0.1, 0.15) is 12.8 Å². The molecule has 2 heterocycles. The molecule has 0 aliphatic carbocycles. The molecule has 0 amide bonds. The molecule has 1 fully saturated rings. The number of halogens is 1. The lowest BCUT2D eigenvalue weighted by molar-refractivity contribution is 0.342. The first-order valence-corrected chi connectivity index (χ1v) is 6.74. The van der Waals surface area contributed by atoms with Crippen molar-refractivity contribution < 1.29 is 0 Å². The van der Waals surface area contributed by atoms with Crippen molar-refractivity contribution in [3.63, 3.8) is 0 Å². The number of hydrogen-bond acceptors (Lipinski definition) is 3.